The molecule has 0 N–H and O–H groups in total. The third-order valence-corrected chi connectivity index (χ3v) is 4.35. The van der Waals surface area contributed by atoms with Crippen molar-refractivity contribution in [2.45, 2.75) is 34.6 Å². The van der Waals surface area contributed by atoms with Gasteiger partial charge in [-0.1, -0.05) is 18.2 Å². The van der Waals surface area contributed by atoms with Crippen molar-refractivity contribution in [2.24, 2.45) is 0 Å². The Balaban J connectivity index is 2.85. The number of nitrogens with zero attached hydrogens (tertiary/aromatic N) is 1. The zero-order chi connectivity index (χ0) is 14.9. The number of anilines is 1. The highest BCUT2D eigenvalue weighted by Gasteiger charge is 2.11. The summed E-state index contributed by atoms with van der Waals surface area (Å²) in [5.74, 6) is 0. The van der Waals surface area contributed by atoms with Crippen LogP contribution in [0.15, 0.2) is 30.3 Å². The molecule has 0 aromatic heterocycles. The highest BCUT2D eigenvalue weighted by atomic mass is 15.1. The summed E-state index contributed by atoms with van der Waals surface area (Å²) in [6.07, 6.45) is 2.19. The zero-order valence-corrected chi connectivity index (χ0v) is 13.5. The second-order valence-corrected chi connectivity index (χ2v) is 5.60. The Morgan fingerprint density at radius 3 is 2.25 bits per heavy atom. The predicted octanol–water partition coefficient (Wildman–Crippen LogP) is 5.34. The fourth-order valence-corrected chi connectivity index (χ4v) is 2.60. The number of allylic oxidation sites excluding steroid dienone is 2. The van der Waals surface area contributed by atoms with Gasteiger partial charge in [0.25, 0.3) is 0 Å². The minimum atomic E-state index is 1.02. The maximum Gasteiger partial charge on any atom is 0.0443 e. The van der Waals surface area contributed by atoms with Crippen molar-refractivity contribution in [3.05, 3.63) is 47.0 Å². The first-order valence-electron chi connectivity index (χ1n) is 7.38. The van der Waals surface area contributed by atoms with Crippen molar-refractivity contribution in [2.75, 3.05) is 18.5 Å². The first-order valence-corrected chi connectivity index (χ1v) is 7.38. The molecule has 0 aliphatic heterocycles. The molecule has 0 unspecified atom stereocenters. The molecule has 106 valence electrons. The molecule has 1 nitrogen and oxygen atoms in total. The SMILES string of the molecule is CC=C(C)c1ccc(N(C)CC)c2cc(C)c(C)cc12. The van der Waals surface area contributed by atoms with Gasteiger partial charge in [-0.2, -0.15) is 0 Å². The molecule has 0 saturated heterocycles. The van der Waals surface area contributed by atoms with Gasteiger partial charge in [-0.25, -0.2) is 0 Å². The Bertz CT molecular complexity index is 665. The van der Waals surface area contributed by atoms with Gasteiger partial charge in [0.2, 0.25) is 0 Å². The lowest BCUT2D eigenvalue weighted by Gasteiger charge is -2.21. The number of hydrogen-bond acceptors (Lipinski definition) is 1. The standard InChI is InChI=1S/C19H25N/c1-7-13(3)16-9-10-19(20(6)8-2)18-12-15(5)14(4)11-17(16)18/h7,9-12H,8H2,1-6H3. The molecule has 0 fully saturated rings. The number of hydrogen-bond donors (Lipinski definition) is 0. The molecule has 1 heteroatoms. The van der Waals surface area contributed by atoms with E-state index in [-0.39, 0.29) is 0 Å². The fourth-order valence-electron chi connectivity index (χ4n) is 2.60. The monoisotopic (exact) mass is 267 g/mol. The minimum Gasteiger partial charge on any atom is -0.374 e. The molecule has 2 aromatic carbocycles. The maximum absolute atomic E-state index is 2.33. The van der Waals surface area contributed by atoms with Gasteiger partial charge < -0.3 is 4.90 Å². The third kappa shape index (κ3) is 2.45. The largest absolute Gasteiger partial charge is 0.374 e. The zero-order valence-electron chi connectivity index (χ0n) is 13.5. The molecule has 0 atom stereocenters. The van der Waals surface area contributed by atoms with Gasteiger partial charge in [-0.3, -0.25) is 0 Å². The van der Waals surface area contributed by atoms with E-state index in [9.17, 15) is 0 Å². The van der Waals surface area contributed by atoms with Crippen LogP contribution in [-0.4, -0.2) is 13.6 Å². The molecule has 0 aliphatic rings. The van der Waals surface area contributed by atoms with E-state index in [0.717, 1.165) is 6.54 Å². The van der Waals surface area contributed by atoms with Crippen molar-refractivity contribution in [3.63, 3.8) is 0 Å². The van der Waals surface area contributed by atoms with Crippen LogP contribution in [0.1, 0.15) is 37.5 Å². The Morgan fingerprint density at radius 2 is 1.70 bits per heavy atom. The minimum absolute atomic E-state index is 1.02. The number of aryl methyl sites for hydroxylation is 2. The Morgan fingerprint density at radius 1 is 1.10 bits per heavy atom. The lowest BCUT2D eigenvalue weighted by Crippen LogP contribution is -2.16. The van der Waals surface area contributed by atoms with Gasteiger partial charge in [-0.15, -0.1) is 0 Å². The van der Waals surface area contributed by atoms with E-state index < -0.39 is 0 Å². The van der Waals surface area contributed by atoms with Gasteiger partial charge in [-0.05, 0) is 74.4 Å². The molecule has 0 radical (unpaired) electrons. The predicted molar refractivity (Wildman–Crippen MR) is 91.7 cm³/mol. The second-order valence-electron chi connectivity index (χ2n) is 5.60. The number of benzene rings is 2. The topological polar surface area (TPSA) is 3.24 Å². The molecule has 0 amide bonds. The van der Waals surface area contributed by atoms with Crippen molar-refractivity contribution in [3.8, 4) is 0 Å². The maximum atomic E-state index is 2.33. The molecule has 2 rings (SSSR count). The molecule has 0 heterocycles. The van der Waals surface area contributed by atoms with Gasteiger partial charge in [0.15, 0.2) is 0 Å². The van der Waals surface area contributed by atoms with E-state index in [2.05, 4.69) is 76.9 Å². The number of fused-ring (bicyclic) bond motifs is 1. The van der Waals surface area contributed by atoms with Crippen LogP contribution in [-0.2, 0) is 0 Å². The Hall–Kier alpha value is -1.76. The summed E-state index contributed by atoms with van der Waals surface area (Å²) >= 11 is 0. The average Bonchev–Trinajstić information content (AvgIpc) is 2.46. The average molecular weight is 267 g/mol. The van der Waals surface area contributed by atoms with Crippen LogP contribution in [0, 0.1) is 13.8 Å². The van der Waals surface area contributed by atoms with Crippen LogP contribution in [0.3, 0.4) is 0 Å². The Kier molecular flexibility index (Phi) is 4.17. The van der Waals surface area contributed by atoms with Gasteiger partial charge in [0.05, 0.1) is 0 Å². The van der Waals surface area contributed by atoms with Crippen molar-refractivity contribution in [1.82, 2.24) is 0 Å². The Labute approximate surface area is 122 Å². The van der Waals surface area contributed by atoms with Crippen LogP contribution in [0.25, 0.3) is 16.3 Å². The van der Waals surface area contributed by atoms with E-state index in [1.54, 1.807) is 0 Å². The van der Waals surface area contributed by atoms with Crippen LogP contribution < -0.4 is 4.90 Å². The summed E-state index contributed by atoms with van der Waals surface area (Å²) in [4.78, 5) is 2.31. The first kappa shape index (κ1) is 14.6. The quantitative estimate of drug-likeness (QED) is 0.726. The first-order chi connectivity index (χ1) is 9.49. The molecule has 0 spiro atoms. The highest BCUT2D eigenvalue weighted by Crippen LogP contribution is 2.34. The van der Waals surface area contributed by atoms with Crippen LogP contribution in [0.5, 0.6) is 0 Å². The third-order valence-electron chi connectivity index (χ3n) is 4.35. The van der Waals surface area contributed by atoms with E-state index in [0.29, 0.717) is 0 Å². The number of rotatable bonds is 3. The van der Waals surface area contributed by atoms with Crippen LogP contribution in [0.2, 0.25) is 0 Å². The summed E-state index contributed by atoms with van der Waals surface area (Å²) in [7, 11) is 2.16. The summed E-state index contributed by atoms with van der Waals surface area (Å²) in [6.45, 7) is 11.9. The summed E-state index contributed by atoms with van der Waals surface area (Å²) in [5, 5.41) is 2.72. The summed E-state index contributed by atoms with van der Waals surface area (Å²) in [6, 6.07) is 9.18. The van der Waals surface area contributed by atoms with Gasteiger partial charge in [0, 0.05) is 24.7 Å². The van der Waals surface area contributed by atoms with Crippen LogP contribution >= 0.6 is 0 Å². The van der Waals surface area contributed by atoms with Gasteiger partial charge >= 0.3 is 0 Å². The molecule has 2 aromatic rings. The lowest BCUT2D eigenvalue weighted by molar-refractivity contribution is 0.974. The molecule has 20 heavy (non-hydrogen) atoms. The van der Waals surface area contributed by atoms with Crippen molar-refractivity contribution >= 4 is 22.0 Å². The summed E-state index contributed by atoms with van der Waals surface area (Å²) in [5.41, 5.74) is 6.72. The van der Waals surface area contributed by atoms with Crippen LogP contribution in [0.4, 0.5) is 5.69 Å². The normalized spacial score (nSPS) is 12.0. The molecule has 0 aliphatic carbocycles. The highest BCUT2D eigenvalue weighted by molar-refractivity contribution is 6.01. The second kappa shape index (κ2) is 5.70. The molecule has 0 bridgehead atoms. The molecular weight excluding hydrogens is 242 g/mol. The van der Waals surface area contributed by atoms with E-state index in [1.165, 1.54) is 38.7 Å². The van der Waals surface area contributed by atoms with E-state index in [1.807, 2.05) is 0 Å². The fraction of sp³-hybridized carbons (Fsp3) is 0.368. The molecule has 0 saturated carbocycles. The van der Waals surface area contributed by atoms with Gasteiger partial charge in [0.1, 0.15) is 0 Å². The smallest absolute Gasteiger partial charge is 0.0443 e. The van der Waals surface area contributed by atoms with Crippen molar-refractivity contribution in [1.29, 1.82) is 0 Å². The molecular formula is C19H25N. The lowest BCUT2D eigenvalue weighted by atomic mass is 9.94. The van der Waals surface area contributed by atoms with E-state index >= 15 is 0 Å². The van der Waals surface area contributed by atoms with E-state index in [4.69, 9.17) is 0 Å². The van der Waals surface area contributed by atoms with Crippen molar-refractivity contribution < 1.29 is 0 Å². The summed E-state index contributed by atoms with van der Waals surface area (Å²) < 4.78 is 0.